The molecule has 1 heterocycles. The molecule has 160 valence electrons. The molecule has 1 N–H and O–H groups in total. The minimum atomic E-state index is -3.78. The van der Waals surface area contributed by atoms with Gasteiger partial charge in [0.1, 0.15) is 6.54 Å². The SMILES string of the molecule is Cc1ccc2c(c1)-c1ccccc1S(=O)(=O)N2CC(=O)NCCSC1CCCCC1. The van der Waals surface area contributed by atoms with E-state index in [1.165, 1.54) is 36.4 Å². The molecule has 2 aliphatic rings. The largest absolute Gasteiger partial charge is 0.354 e. The van der Waals surface area contributed by atoms with Crippen LogP contribution in [0.5, 0.6) is 0 Å². The van der Waals surface area contributed by atoms with E-state index in [-0.39, 0.29) is 17.3 Å². The molecule has 1 aliphatic heterocycles. The van der Waals surface area contributed by atoms with E-state index in [2.05, 4.69) is 5.32 Å². The van der Waals surface area contributed by atoms with Crippen LogP contribution in [0.3, 0.4) is 0 Å². The lowest BCUT2D eigenvalue weighted by molar-refractivity contribution is -0.119. The maximum Gasteiger partial charge on any atom is 0.265 e. The molecule has 0 saturated heterocycles. The normalized spacial score (nSPS) is 17.8. The first-order chi connectivity index (χ1) is 14.5. The lowest BCUT2D eigenvalue weighted by atomic mass is 10.0. The number of hydrogen-bond acceptors (Lipinski definition) is 4. The van der Waals surface area contributed by atoms with Crippen molar-refractivity contribution in [2.75, 3.05) is 23.1 Å². The van der Waals surface area contributed by atoms with Crippen molar-refractivity contribution in [3.63, 3.8) is 0 Å². The number of thioether (sulfide) groups is 1. The van der Waals surface area contributed by atoms with Gasteiger partial charge in [-0.15, -0.1) is 0 Å². The number of hydrogen-bond donors (Lipinski definition) is 1. The maximum atomic E-state index is 13.3. The first kappa shape index (κ1) is 21.2. The van der Waals surface area contributed by atoms with Gasteiger partial charge in [0.2, 0.25) is 5.91 Å². The van der Waals surface area contributed by atoms with E-state index in [9.17, 15) is 13.2 Å². The van der Waals surface area contributed by atoms with Gasteiger partial charge in [-0.25, -0.2) is 8.42 Å². The van der Waals surface area contributed by atoms with E-state index in [1.807, 2.05) is 43.0 Å². The Balaban J connectivity index is 1.46. The Bertz CT molecular complexity index is 1030. The second-order valence-corrected chi connectivity index (χ2v) is 11.2. The van der Waals surface area contributed by atoms with Gasteiger partial charge in [-0.05, 0) is 38.0 Å². The summed E-state index contributed by atoms with van der Waals surface area (Å²) in [6, 6.07) is 12.7. The second-order valence-electron chi connectivity index (χ2n) is 8.01. The number of nitrogens with one attached hydrogen (secondary N) is 1. The molecule has 0 unspecified atom stereocenters. The van der Waals surface area contributed by atoms with Crippen molar-refractivity contribution in [2.45, 2.75) is 49.2 Å². The minimum Gasteiger partial charge on any atom is -0.354 e. The summed E-state index contributed by atoms with van der Waals surface area (Å²) in [6.45, 7) is 2.33. The molecule has 4 rings (SSSR count). The van der Waals surface area contributed by atoms with Crippen LogP contribution in [-0.4, -0.2) is 38.4 Å². The molecular weight excluding hydrogens is 416 g/mol. The molecule has 0 bridgehead atoms. The number of fused-ring (bicyclic) bond motifs is 3. The van der Waals surface area contributed by atoms with E-state index in [1.54, 1.807) is 18.2 Å². The van der Waals surface area contributed by atoms with E-state index in [4.69, 9.17) is 0 Å². The van der Waals surface area contributed by atoms with Crippen molar-refractivity contribution in [1.29, 1.82) is 0 Å². The fourth-order valence-electron chi connectivity index (χ4n) is 4.25. The molecule has 0 atom stereocenters. The van der Waals surface area contributed by atoms with Crippen molar-refractivity contribution in [1.82, 2.24) is 5.32 Å². The van der Waals surface area contributed by atoms with Crippen molar-refractivity contribution >= 4 is 33.4 Å². The number of carbonyl (C=O) groups excluding carboxylic acids is 1. The molecule has 7 heteroatoms. The first-order valence-corrected chi connectivity index (χ1v) is 13.1. The van der Waals surface area contributed by atoms with Crippen molar-refractivity contribution in [3.8, 4) is 11.1 Å². The maximum absolute atomic E-state index is 13.3. The Kier molecular flexibility index (Phi) is 6.39. The van der Waals surface area contributed by atoms with Gasteiger partial charge in [-0.3, -0.25) is 9.10 Å². The van der Waals surface area contributed by atoms with Gasteiger partial charge in [0.05, 0.1) is 10.6 Å². The van der Waals surface area contributed by atoms with Gasteiger partial charge in [0, 0.05) is 28.7 Å². The summed E-state index contributed by atoms with van der Waals surface area (Å²) < 4.78 is 27.8. The second kappa shape index (κ2) is 9.02. The molecule has 1 saturated carbocycles. The Morgan fingerprint density at radius 3 is 2.67 bits per heavy atom. The number of carbonyl (C=O) groups is 1. The third-order valence-corrected chi connectivity index (χ3v) is 8.98. The molecule has 0 aromatic heterocycles. The van der Waals surface area contributed by atoms with Crippen LogP contribution in [0.25, 0.3) is 11.1 Å². The fraction of sp³-hybridized carbons (Fsp3) is 0.435. The lowest BCUT2D eigenvalue weighted by Gasteiger charge is -2.31. The molecule has 30 heavy (non-hydrogen) atoms. The molecular formula is C23H28N2O3S2. The molecule has 1 amide bonds. The van der Waals surface area contributed by atoms with E-state index < -0.39 is 10.0 Å². The Labute approximate surface area is 183 Å². The number of rotatable bonds is 6. The third kappa shape index (κ3) is 4.37. The highest BCUT2D eigenvalue weighted by Gasteiger charge is 2.35. The first-order valence-electron chi connectivity index (χ1n) is 10.6. The minimum absolute atomic E-state index is 0.208. The average Bonchev–Trinajstić information content (AvgIpc) is 2.75. The van der Waals surface area contributed by atoms with Gasteiger partial charge in [0.15, 0.2) is 0 Å². The summed E-state index contributed by atoms with van der Waals surface area (Å²) in [4.78, 5) is 12.9. The van der Waals surface area contributed by atoms with E-state index >= 15 is 0 Å². The van der Waals surface area contributed by atoms with Gasteiger partial charge in [-0.1, -0.05) is 49.1 Å². The zero-order chi connectivity index (χ0) is 21.1. The van der Waals surface area contributed by atoms with Crippen LogP contribution in [0.4, 0.5) is 5.69 Å². The monoisotopic (exact) mass is 444 g/mol. The Morgan fingerprint density at radius 2 is 1.87 bits per heavy atom. The number of nitrogens with zero attached hydrogens (tertiary/aromatic N) is 1. The van der Waals surface area contributed by atoms with Crippen LogP contribution in [0.15, 0.2) is 47.4 Å². The lowest BCUT2D eigenvalue weighted by Crippen LogP contribution is -2.43. The quantitative estimate of drug-likeness (QED) is 0.673. The molecule has 5 nitrogen and oxygen atoms in total. The molecule has 0 radical (unpaired) electrons. The summed E-state index contributed by atoms with van der Waals surface area (Å²) >= 11 is 1.92. The van der Waals surface area contributed by atoms with Crippen LogP contribution < -0.4 is 9.62 Å². The zero-order valence-electron chi connectivity index (χ0n) is 17.3. The zero-order valence-corrected chi connectivity index (χ0v) is 18.9. The standard InChI is InChI=1S/C23H28N2O3S2/c1-17-11-12-21-20(15-17)19-9-5-6-10-22(19)30(27,28)25(21)16-23(26)24-13-14-29-18-7-3-2-4-8-18/h5-6,9-12,15,18H,2-4,7-8,13-14,16H2,1H3,(H,24,26). The summed E-state index contributed by atoms with van der Waals surface area (Å²) in [5.74, 6) is 0.593. The van der Waals surface area contributed by atoms with E-state index in [0.717, 1.165) is 16.9 Å². The van der Waals surface area contributed by atoms with Crippen LogP contribution in [0.2, 0.25) is 0 Å². The highest BCUT2D eigenvalue weighted by molar-refractivity contribution is 7.99. The highest BCUT2D eigenvalue weighted by Crippen LogP contribution is 2.43. The number of aryl methyl sites for hydroxylation is 1. The number of amides is 1. The third-order valence-electron chi connectivity index (χ3n) is 5.78. The highest BCUT2D eigenvalue weighted by atomic mass is 32.2. The fourth-order valence-corrected chi connectivity index (χ4v) is 7.12. The molecule has 1 fully saturated rings. The summed E-state index contributed by atoms with van der Waals surface area (Å²) in [5, 5.41) is 3.61. The Morgan fingerprint density at radius 1 is 1.10 bits per heavy atom. The predicted molar refractivity (Wildman–Crippen MR) is 123 cm³/mol. The van der Waals surface area contributed by atoms with Crippen LogP contribution in [-0.2, 0) is 14.8 Å². The average molecular weight is 445 g/mol. The number of benzene rings is 2. The van der Waals surface area contributed by atoms with Crippen molar-refractivity contribution in [3.05, 3.63) is 48.0 Å². The Hall–Kier alpha value is -1.99. The van der Waals surface area contributed by atoms with Gasteiger partial charge >= 0.3 is 0 Å². The smallest absolute Gasteiger partial charge is 0.265 e. The molecule has 1 aliphatic carbocycles. The van der Waals surface area contributed by atoms with Crippen LogP contribution >= 0.6 is 11.8 Å². The van der Waals surface area contributed by atoms with E-state index in [0.29, 0.717) is 23.0 Å². The predicted octanol–water partition coefficient (Wildman–Crippen LogP) is 4.35. The number of anilines is 1. The summed E-state index contributed by atoms with van der Waals surface area (Å²) in [5.41, 5.74) is 3.15. The number of sulfonamides is 1. The van der Waals surface area contributed by atoms with Gasteiger partial charge in [0.25, 0.3) is 10.0 Å². The van der Waals surface area contributed by atoms with Crippen molar-refractivity contribution in [2.24, 2.45) is 0 Å². The van der Waals surface area contributed by atoms with Gasteiger partial charge < -0.3 is 5.32 Å². The summed E-state index contributed by atoms with van der Waals surface area (Å²) in [7, 11) is -3.78. The summed E-state index contributed by atoms with van der Waals surface area (Å²) in [6.07, 6.45) is 6.47. The molecule has 2 aromatic rings. The molecule has 2 aromatic carbocycles. The van der Waals surface area contributed by atoms with Crippen molar-refractivity contribution < 1.29 is 13.2 Å². The topological polar surface area (TPSA) is 66.5 Å². The molecule has 0 spiro atoms. The van der Waals surface area contributed by atoms with Gasteiger partial charge in [-0.2, -0.15) is 11.8 Å². The van der Waals surface area contributed by atoms with Crippen LogP contribution in [0.1, 0.15) is 37.7 Å². The van der Waals surface area contributed by atoms with Crippen LogP contribution in [0, 0.1) is 6.92 Å².